The fourth-order valence-electron chi connectivity index (χ4n) is 5.17. The number of hydrogen-bond acceptors (Lipinski definition) is 7. The Morgan fingerprint density at radius 1 is 1.02 bits per heavy atom. The summed E-state index contributed by atoms with van der Waals surface area (Å²) in [5, 5.41) is 18.5. The van der Waals surface area contributed by atoms with Gasteiger partial charge in [0.05, 0.1) is 17.4 Å². The molecule has 2 heterocycles. The molecule has 0 saturated carbocycles. The molecule has 3 N–H and O–H groups in total. The first-order valence-electron chi connectivity index (χ1n) is 15.5. The molecular weight excluding hydrogens is 643 g/mol. The molecule has 0 radical (unpaired) electrons. The molecule has 9 nitrogen and oxygen atoms in total. The molecule has 0 fully saturated rings. The number of amides is 4. The summed E-state index contributed by atoms with van der Waals surface area (Å²) in [6.07, 6.45) is 2.72. The third-order valence-electron chi connectivity index (χ3n) is 7.80. The summed E-state index contributed by atoms with van der Waals surface area (Å²) in [6.45, 7) is 6.39. The van der Waals surface area contributed by atoms with Crippen LogP contribution in [0.2, 0.25) is 0 Å². The van der Waals surface area contributed by atoms with Crippen molar-refractivity contribution in [3.63, 3.8) is 0 Å². The summed E-state index contributed by atoms with van der Waals surface area (Å²) in [6, 6.07) is 25.7. The number of nitrogens with zero attached hydrogens (tertiary/aromatic N) is 2. The molecular formula is C37H35N5O4S2. The fraction of sp³-hybridized carbons (Fsp3) is 0.216. The van der Waals surface area contributed by atoms with Crippen molar-refractivity contribution in [1.29, 1.82) is 5.26 Å². The van der Waals surface area contributed by atoms with Gasteiger partial charge in [0.2, 0.25) is 11.8 Å². The molecule has 0 bridgehead atoms. The van der Waals surface area contributed by atoms with Gasteiger partial charge in [0, 0.05) is 34.5 Å². The van der Waals surface area contributed by atoms with E-state index in [1.165, 1.54) is 30.0 Å². The van der Waals surface area contributed by atoms with Crippen molar-refractivity contribution in [2.24, 2.45) is 0 Å². The van der Waals surface area contributed by atoms with Crippen molar-refractivity contribution in [2.75, 3.05) is 17.2 Å². The third kappa shape index (κ3) is 8.39. The summed E-state index contributed by atoms with van der Waals surface area (Å²) in [7, 11) is 0. The van der Waals surface area contributed by atoms with Crippen molar-refractivity contribution < 1.29 is 19.2 Å². The molecule has 244 valence electrons. The number of anilines is 2. The molecule has 5 rings (SSSR count). The molecule has 1 aliphatic heterocycles. The summed E-state index contributed by atoms with van der Waals surface area (Å²) in [5.74, 6) is -1.16. The molecule has 0 saturated heterocycles. The second kappa shape index (κ2) is 15.6. The Morgan fingerprint density at radius 3 is 2.46 bits per heavy atom. The van der Waals surface area contributed by atoms with Gasteiger partial charge in [-0.25, -0.2) is 0 Å². The maximum absolute atomic E-state index is 13.5. The number of hydrogen-bond donors (Lipinski definition) is 3. The Morgan fingerprint density at radius 2 is 1.77 bits per heavy atom. The smallest absolute Gasteiger partial charge is 0.272 e. The van der Waals surface area contributed by atoms with Crippen molar-refractivity contribution in [2.45, 2.75) is 50.3 Å². The Kier molecular flexibility index (Phi) is 11.1. The van der Waals surface area contributed by atoms with Gasteiger partial charge in [-0.05, 0) is 67.3 Å². The van der Waals surface area contributed by atoms with Crippen LogP contribution in [0.3, 0.4) is 0 Å². The lowest BCUT2D eigenvalue weighted by molar-refractivity contribution is -0.129. The molecule has 0 spiro atoms. The quantitative estimate of drug-likeness (QED) is 0.126. The van der Waals surface area contributed by atoms with E-state index in [0.29, 0.717) is 47.7 Å². The maximum Gasteiger partial charge on any atom is 0.272 e. The van der Waals surface area contributed by atoms with Crippen molar-refractivity contribution in [1.82, 2.24) is 10.2 Å². The van der Waals surface area contributed by atoms with Gasteiger partial charge < -0.3 is 20.9 Å². The van der Waals surface area contributed by atoms with Crippen LogP contribution in [0.4, 0.5) is 10.7 Å². The Balaban J connectivity index is 1.30. The topological polar surface area (TPSA) is 131 Å². The highest BCUT2D eigenvalue weighted by molar-refractivity contribution is 8.00. The van der Waals surface area contributed by atoms with Crippen LogP contribution in [0.5, 0.6) is 0 Å². The third-order valence-corrected chi connectivity index (χ3v) is 10.3. The normalized spacial score (nSPS) is 13.1. The summed E-state index contributed by atoms with van der Waals surface area (Å²) < 4.78 is 0. The van der Waals surface area contributed by atoms with Crippen molar-refractivity contribution in [3.8, 4) is 6.07 Å². The number of thiophene rings is 1. The van der Waals surface area contributed by atoms with E-state index in [0.717, 1.165) is 26.5 Å². The second-order valence-corrected chi connectivity index (χ2v) is 13.7. The molecule has 0 aliphatic carbocycles. The van der Waals surface area contributed by atoms with Crippen molar-refractivity contribution in [3.05, 3.63) is 117 Å². The van der Waals surface area contributed by atoms with Crippen LogP contribution in [0.1, 0.15) is 57.8 Å². The lowest BCUT2D eigenvalue weighted by atomic mass is 10.0. The molecule has 1 aromatic heterocycles. The van der Waals surface area contributed by atoms with Crippen LogP contribution in [-0.4, -0.2) is 40.3 Å². The highest BCUT2D eigenvalue weighted by atomic mass is 32.2. The minimum atomic E-state index is -0.499. The molecule has 3 aromatic carbocycles. The summed E-state index contributed by atoms with van der Waals surface area (Å²) in [5.41, 5.74) is 4.18. The van der Waals surface area contributed by atoms with Gasteiger partial charge in [0.15, 0.2) is 0 Å². The lowest BCUT2D eigenvalue weighted by Crippen LogP contribution is -2.33. The highest BCUT2D eigenvalue weighted by Crippen LogP contribution is 2.37. The first kappa shape index (κ1) is 34.2. The molecule has 4 aromatic rings. The number of benzene rings is 3. The fourth-order valence-corrected chi connectivity index (χ4v) is 7.40. The van der Waals surface area contributed by atoms with Crippen LogP contribution >= 0.6 is 23.1 Å². The van der Waals surface area contributed by atoms with Gasteiger partial charge in [-0.15, -0.1) is 23.1 Å². The zero-order valence-corrected chi connectivity index (χ0v) is 28.5. The average Bonchev–Trinajstić information content (AvgIpc) is 3.44. The van der Waals surface area contributed by atoms with Crippen LogP contribution in [0.25, 0.3) is 6.08 Å². The van der Waals surface area contributed by atoms with E-state index in [1.807, 2.05) is 50.2 Å². The predicted molar refractivity (Wildman–Crippen MR) is 191 cm³/mol. The number of aryl methyl sites for hydroxylation is 1. The van der Waals surface area contributed by atoms with Gasteiger partial charge in [0.25, 0.3) is 11.8 Å². The van der Waals surface area contributed by atoms with E-state index in [9.17, 15) is 24.4 Å². The van der Waals surface area contributed by atoms with Crippen LogP contribution < -0.4 is 16.0 Å². The maximum atomic E-state index is 13.5. The number of carbonyl (C=O) groups excluding carboxylic acids is 4. The predicted octanol–water partition coefficient (Wildman–Crippen LogP) is 6.75. The average molecular weight is 678 g/mol. The highest BCUT2D eigenvalue weighted by Gasteiger charge is 2.28. The largest absolute Gasteiger partial charge is 0.337 e. The van der Waals surface area contributed by atoms with E-state index >= 15 is 0 Å². The molecule has 4 amide bonds. The Hall–Kier alpha value is -5.18. The van der Waals surface area contributed by atoms with Crippen LogP contribution in [-0.2, 0) is 27.3 Å². The molecule has 1 aliphatic rings. The van der Waals surface area contributed by atoms with E-state index in [2.05, 4.69) is 22.0 Å². The number of carbonyl (C=O) groups is 4. The number of nitriles is 1. The van der Waals surface area contributed by atoms with Gasteiger partial charge >= 0.3 is 0 Å². The summed E-state index contributed by atoms with van der Waals surface area (Å²) >= 11 is 2.70. The Labute approximate surface area is 288 Å². The standard InChI is InChI=1S/C37H35N5O4S2/c1-4-32(36(46)41-37-30(21-38)29-17-18-42(24(3)43)22-33(29)48-37)47-28-12-8-11-27(20-28)39-35(45)31(19-25-15-13-23(2)14-16-25)40-34(44)26-9-6-5-7-10-26/h5-16,19-20,32H,4,17-18,22H2,1-3H3,(H,39,45)(H,40,44)(H,41,46)/b31-19+. The number of thioether (sulfide) groups is 1. The number of fused-ring (bicyclic) bond motifs is 1. The monoisotopic (exact) mass is 677 g/mol. The van der Waals surface area contributed by atoms with E-state index in [-0.39, 0.29) is 17.5 Å². The number of rotatable bonds is 10. The van der Waals surface area contributed by atoms with Gasteiger partial charge in [-0.1, -0.05) is 61.0 Å². The van der Waals surface area contributed by atoms with Crippen LogP contribution in [0.15, 0.2) is 89.5 Å². The minimum absolute atomic E-state index is 0.0190. The zero-order valence-electron chi connectivity index (χ0n) is 26.8. The second-order valence-electron chi connectivity index (χ2n) is 11.3. The lowest BCUT2D eigenvalue weighted by Gasteiger charge is -2.25. The van der Waals surface area contributed by atoms with E-state index < -0.39 is 17.1 Å². The van der Waals surface area contributed by atoms with Gasteiger partial charge in [-0.3, -0.25) is 19.2 Å². The van der Waals surface area contributed by atoms with Gasteiger partial charge in [0.1, 0.15) is 16.8 Å². The number of nitrogens with one attached hydrogen (secondary N) is 3. The van der Waals surface area contributed by atoms with Gasteiger partial charge in [-0.2, -0.15) is 5.26 Å². The first-order chi connectivity index (χ1) is 23.1. The molecule has 11 heteroatoms. The first-order valence-corrected chi connectivity index (χ1v) is 17.2. The molecule has 48 heavy (non-hydrogen) atoms. The summed E-state index contributed by atoms with van der Waals surface area (Å²) in [4.78, 5) is 55.3. The molecule has 1 atom stereocenters. The van der Waals surface area contributed by atoms with E-state index in [4.69, 9.17) is 0 Å². The van der Waals surface area contributed by atoms with Crippen molar-refractivity contribution >= 4 is 63.5 Å². The minimum Gasteiger partial charge on any atom is -0.337 e. The van der Waals surface area contributed by atoms with Crippen LogP contribution in [0, 0.1) is 18.3 Å². The SMILES string of the molecule is CCC(Sc1cccc(NC(=O)/C(=C\c2ccc(C)cc2)NC(=O)c2ccccc2)c1)C(=O)Nc1sc2c(c1C#N)CCN(C(C)=O)C2. The van der Waals surface area contributed by atoms with E-state index in [1.54, 1.807) is 53.4 Å². The molecule has 1 unspecified atom stereocenters. The zero-order chi connectivity index (χ0) is 34.2. The Bertz CT molecular complexity index is 1910.